The molecular weight excluding hydrogens is 491 g/mol. The molecule has 0 aromatic heterocycles. The molecule has 1 aromatic rings. The Bertz CT molecular complexity index is 783. The SMILES string of the molecule is CN=C(NCc1ccc(S(=O)(=O)N(C)C(C)C)cc1)NC1CC2CCC1O2.I. The van der Waals surface area contributed by atoms with Crippen LogP contribution in [0.2, 0.25) is 0 Å². The van der Waals surface area contributed by atoms with Crippen molar-refractivity contribution < 1.29 is 13.2 Å². The van der Waals surface area contributed by atoms with Crippen LogP contribution in [0, 0.1) is 0 Å². The van der Waals surface area contributed by atoms with Crippen LogP contribution in [0.25, 0.3) is 0 Å². The van der Waals surface area contributed by atoms with Crippen LogP contribution in [0.4, 0.5) is 0 Å². The third-order valence-electron chi connectivity index (χ3n) is 5.44. The molecule has 7 nitrogen and oxygen atoms in total. The molecule has 2 aliphatic heterocycles. The quantitative estimate of drug-likeness (QED) is 0.341. The molecule has 3 atom stereocenters. The molecule has 158 valence electrons. The molecule has 0 aliphatic carbocycles. The van der Waals surface area contributed by atoms with Crippen molar-refractivity contribution in [3.8, 4) is 0 Å². The third-order valence-corrected chi connectivity index (χ3v) is 7.49. The predicted octanol–water partition coefficient (Wildman–Crippen LogP) is 2.32. The molecule has 2 fully saturated rings. The summed E-state index contributed by atoms with van der Waals surface area (Å²) in [5, 5.41) is 6.74. The average Bonchev–Trinajstić information content (AvgIpc) is 3.27. The first-order valence-corrected chi connectivity index (χ1v) is 10.9. The molecule has 0 saturated carbocycles. The maximum Gasteiger partial charge on any atom is 0.243 e. The van der Waals surface area contributed by atoms with Crippen molar-refractivity contribution >= 4 is 40.0 Å². The van der Waals surface area contributed by atoms with Crippen molar-refractivity contribution in [2.24, 2.45) is 4.99 Å². The number of rotatable bonds is 6. The van der Waals surface area contributed by atoms with Crippen LogP contribution in [0.1, 0.15) is 38.7 Å². The maximum absolute atomic E-state index is 12.5. The van der Waals surface area contributed by atoms with Crippen molar-refractivity contribution in [3.05, 3.63) is 29.8 Å². The molecule has 2 heterocycles. The lowest BCUT2D eigenvalue weighted by molar-refractivity contribution is 0.0992. The summed E-state index contributed by atoms with van der Waals surface area (Å²) in [7, 11) is -0.0962. The Morgan fingerprint density at radius 1 is 1.29 bits per heavy atom. The number of ether oxygens (including phenoxy) is 1. The molecular formula is C19H31IN4O3S. The lowest BCUT2D eigenvalue weighted by Crippen LogP contribution is -2.47. The number of aliphatic imine (C=N–C) groups is 1. The van der Waals surface area contributed by atoms with Gasteiger partial charge in [-0.25, -0.2) is 8.42 Å². The third kappa shape index (κ3) is 5.17. The summed E-state index contributed by atoms with van der Waals surface area (Å²) in [5.74, 6) is 0.743. The zero-order chi connectivity index (χ0) is 19.6. The Labute approximate surface area is 185 Å². The minimum atomic E-state index is -3.45. The summed E-state index contributed by atoms with van der Waals surface area (Å²) in [4.78, 5) is 4.60. The minimum absolute atomic E-state index is 0. The standard InChI is InChI=1S/C19H30N4O3S.HI/c1-13(2)23(4)27(24,25)16-8-5-14(6-9-16)12-21-19(20-3)22-17-11-15-7-10-18(17)26-15;/h5-6,8-9,13,15,17-18H,7,10-12H2,1-4H3,(H2,20,21,22);1H. The van der Waals surface area contributed by atoms with Crippen molar-refractivity contribution in [3.63, 3.8) is 0 Å². The lowest BCUT2D eigenvalue weighted by Gasteiger charge is -2.23. The van der Waals surface area contributed by atoms with Crippen LogP contribution < -0.4 is 10.6 Å². The smallest absolute Gasteiger partial charge is 0.243 e. The van der Waals surface area contributed by atoms with E-state index in [1.807, 2.05) is 26.0 Å². The van der Waals surface area contributed by atoms with Gasteiger partial charge in [0.15, 0.2) is 5.96 Å². The fraction of sp³-hybridized carbons (Fsp3) is 0.632. The van der Waals surface area contributed by atoms with Gasteiger partial charge < -0.3 is 15.4 Å². The Kier molecular flexibility index (Phi) is 8.12. The van der Waals surface area contributed by atoms with Crippen molar-refractivity contribution in [2.75, 3.05) is 14.1 Å². The number of nitrogens with one attached hydrogen (secondary N) is 2. The van der Waals surface area contributed by atoms with Gasteiger partial charge in [0.25, 0.3) is 0 Å². The van der Waals surface area contributed by atoms with Crippen LogP contribution in [-0.2, 0) is 21.3 Å². The number of guanidine groups is 1. The van der Waals surface area contributed by atoms with Crippen LogP contribution in [0.5, 0.6) is 0 Å². The molecule has 2 bridgehead atoms. The average molecular weight is 522 g/mol. The van der Waals surface area contributed by atoms with Crippen molar-refractivity contribution in [1.29, 1.82) is 0 Å². The number of halogens is 1. The van der Waals surface area contributed by atoms with Gasteiger partial charge in [0.1, 0.15) is 0 Å². The Balaban J connectivity index is 0.00000280. The maximum atomic E-state index is 12.5. The van der Waals surface area contributed by atoms with Crippen LogP contribution in [-0.4, -0.2) is 57.1 Å². The predicted molar refractivity (Wildman–Crippen MR) is 122 cm³/mol. The van der Waals surface area contributed by atoms with E-state index in [2.05, 4.69) is 15.6 Å². The number of benzene rings is 1. The summed E-state index contributed by atoms with van der Waals surface area (Å²) < 4.78 is 32.3. The highest BCUT2D eigenvalue weighted by Crippen LogP contribution is 2.34. The second-order valence-electron chi connectivity index (χ2n) is 7.55. The molecule has 0 spiro atoms. The molecule has 3 rings (SSSR count). The largest absolute Gasteiger partial charge is 0.373 e. The molecule has 2 N–H and O–H groups in total. The number of fused-ring (bicyclic) bond motifs is 2. The zero-order valence-electron chi connectivity index (χ0n) is 16.9. The Hall–Kier alpha value is -0.910. The molecule has 0 amide bonds. The van der Waals surface area contributed by atoms with E-state index >= 15 is 0 Å². The Morgan fingerprint density at radius 2 is 1.96 bits per heavy atom. The summed E-state index contributed by atoms with van der Waals surface area (Å²) in [6.45, 7) is 4.28. The van der Waals surface area contributed by atoms with Crippen molar-refractivity contribution in [2.45, 2.75) is 68.8 Å². The van der Waals surface area contributed by atoms with Gasteiger partial charge in [-0.3, -0.25) is 4.99 Å². The van der Waals surface area contributed by atoms with E-state index in [4.69, 9.17) is 4.74 Å². The monoisotopic (exact) mass is 522 g/mol. The molecule has 1 aromatic carbocycles. The number of sulfonamides is 1. The minimum Gasteiger partial charge on any atom is -0.373 e. The zero-order valence-corrected chi connectivity index (χ0v) is 20.0. The van der Waals surface area contributed by atoms with E-state index in [9.17, 15) is 8.42 Å². The highest BCUT2D eigenvalue weighted by Gasteiger charge is 2.41. The van der Waals surface area contributed by atoms with Gasteiger partial charge in [-0.15, -0.1) is 24.0 Å². The van der Waals surface area contributed by atoms with E-state index in [1.54, 1.807) is 26.2 Å². The van der Waals surface area contributed by atoms with Gasteiger partial charge in [-0.1, -0.05) is 12.1 Å². The van der Waals surface area contributed by atoms with E-state index < -0.39 is 10.0 Å². The normalized spacial score (nSPS) is 24.5. The first-order chi connectivity index (χ1) is 12.8. The topological polar surface area (TPSA) is 83.0 Å². The van der Waals surface area contributed by atoms with Gasteiger partial charge >= 0.3 is 0 Å². The van der Waals surface area contributed by atoms with E-state index in [1.165, 1.54) is 4.31 Å². The van der Waals surface area contributed by atoms with Gasteiger partial charge in [0.2, 0.25) is 10.0 Å². The van der Waals surface area contributed by atoms with Crippen LogP contribution >= 0.6 is 24.0 Å². The Morgan fingerprint density at radius 3 is 2.46 bits per heavy atom. The fourth-order valence-corrected chi connectivity index (χ4v) is 4.94. The molecule has 3 unspecified atom stereocenters. The van der Waals surface area contributed by atoms with Gasteiger partial charge in [0, 0.05) is 26.7 Å². The van der Waals surface area contributed by atoms with E-state index in [-0.39, 0.29) is 36.1 Å². The van der Waals surface area contributed by atoms with Crippen molar-refractivity contribution in [1.82, 2.24) is 14.9 Å². The second-order valence-corrected chi connectivity index (χ2v) is 9.54. The first-order valence-electron chi connectivity index (χ1n) is 9.51. The summed E-state index contributed by atoms with van der Waals surface area (Å²) in [6.07, 6.45) is 3.98. The first kappa shape index (κ1) is 23.4. The van der Waals surface area contributed by atoms with Crippen LogP contribution in [0.3, 0.4) is 0 Å². The molecule has 2 saturated heterocycles. The summed E-state index contributed by atoms with van der Waals surface area (Å²) in [5.41, 5.74) is 0.994. The fourth-order valence-electron chi connectivity index (χ4n) is 3.57. The highest BCUT2D eigenvalue weighted by atomic mass is 127. The molecule has 28 heavy (non-hydrogen) atoms. The summed E-state index contributed by atoms with van der Waals surface area (Å²) in [6, 6.07) is 7.22. The van der Waals surface area contributed by atoms with Crippen LogP contribution in [0.15, 0.2) is 34.2 Å². The number of hydrogen-bond donors (Lipinski definition) is 2. The van der Waals surface area contributed by atoms with Gasteiger partial charge in [-0.2, -0.15) is 4.31 Å². The van der Waals surface area contributed by atoms with E-state index in [0.717, 1.165) is 30.8 Å². The van der Waals surface area contributed by atoms with Gasteiger partial charge in [0.05, 0.1) is 23.1 Å². The molecule has 2 aliphatic rings. The van der Waals surface area contributed by atoms with Gasteiger partial charge in [-0.05, 0) is 50.8 Å². The second kappa shape index (κ2) is 9.73. The van der Waals surface area contributed by atoms with E-state index in [0.29, 0.717) is 23.6 Å². The lowest BCUT2D eigenvalue weighted by atomic mass is 9.96. The summed E-state index contributed by atoms with van der Waals surface area (Å²) >= 11 is 0. The number of hydrogen-bond acceptors (Lipinski definition) is 4. The number of nitrogens with zero attached hydrogens (tertiary/aromatic N) is 2. The highest BCUT2D eigenvalue weighted by molar-refractivity contribution is 14.0. The molecule has 0 radical (unpaired) electrons. The molecule has 9 heteroatoms.